The maximum absolute atomic E-state index is 12.4. The van der Waals surface area contributed by atoms with E-state index in [1.54, 1.807) is 12.0 Å². The third-order valence-electron chi connectivity index (χ3n) is 3.95. The molecule has 0 bridgehead atoms. The van der Waals surface area contributed by atoms with Gasteiger partial charge in [-0.15, -0.1) is 0 Å². The molecule has 0 aromatic heterocycles. The Morgan fingerprint density at radius 3 is 2.85 bits per heavy atom. The summed E-state index contributed by atoms with van der Waals surface area (Å²) in [7, 11) is 1.56. The zero-order valence-electron chi connectivity index (χ0n) is 11.6. The summed E-state index contributed by atoms with van der Waals surface area (Å²) in [5.41, 5.74) is 0. The first-order valence-electron chi connectivity index (χ1n) is 6.84. The monoisotopic (exact) mass is 284 g/mol. The van der Waals surface area contributed by atoms with Gasteiger partial charge in [-0.2, -0.15) is 0 Å². The summed E-state index contributed by atoms with van der Waals surface area (Å²) in [4.78, 5) is 38.3. The molecular formula is C13H20N2O5. The largest absolute Gasteiger partial charge is 0.480 e. The predicted octanol–water partition coefficient (Wildman–Crippen LogP) is -0.443. The van der Waals surface area contributed by atoms with Gasteiger partial charge in [-0.05, 0) is 12.8 Å². The lowest BCUT2D eigenvalue weighted by molar-refractivity contribution is -0.149. The van der Waals surface area contributed by atoms with E-state index in [0.717, 1.165) is 0 Å². The van der Waals surface area contributed by atoms with Gasteiger partial charge >= 0.3 is 5.97 Å². The molecule has 2 amide bonds. The van der Waals surface area contributed by atoms with Gasteiger partial charge in [0.2, 0.25) is 11.8 Å². The number of amides is 2. The van der Waals surface area contributed by atoms with Crippen LogP contribution >= 0.6 is 0 Å². The van der Waals surface area contributed by atoms with Gasteiger partial charge in [0.15, 0.2) is 0 Å². The van der Waals surface area contributed by atoms with E-state index in [0.29, 0.717) is 39.1 Å². The number of carbonyl (C=O) groups is 3. The molecule has 20 heavy (non-hydrogen) atoms. The summed E-state index contributed by atoms with van der Waals surface area (Å²) in [6.07, 6.45) is 1.37. The molecule has 0 radical (unpaired) electrons. The second-order valence-corrected chi connectivity index (χ2v) is 5.26. The number of rotatable bonds is 5. The maximum atomic E-state index is 12.4. The van der Waals surface area contributed by atoms with Crippen LogP contribution in [0, 0.1) is 5.92 Å². The average Bonchev–Trinajstić information content (AvgIpc) is 3.02. The zero-order valence-corrected chi connectivity index (χ0v) is 11.6. The molecule has 0 spiro atoms. The van der Waals surface area contributed by atoms with E-state index in [1.165, 1.54) is 4.90 Å². The van der Waals surface area contributed by atoms with Crippen molar-refractivity contribution in [2.45, 2.75) is 25.3 Å². The molecule has 0 saturated carbocycles. The fourth-order valence-electron chi connectivity index (χ4n) is 2.88. The van der Waals surface area contributed by atoms with Crippen molar-refractivity contribution >= 4 is 17.8 Å². The Morgan fingerprint density at radius 1 is 1.45 bits per heavy atom. The number of carbonyl (C=O) groups excluding carboxylic acids is 2. The minimum atomic E-state index is -0.962. The highest BCUT2D eigenvalue weighted by molar-refractivity contribution is 5.91. The van der Waals surface area contributed by atoms with Crippen molar-refractivity contribution in [2.24, 2.45) is 5.92 Å². The minimum absolute atomic E-state index is 0.0635. The van der Waals surface area contributed by atoms with E-state index >= 15 is 0 Å². The van der Waals surface area contributed by atoms with Crippen LogP contribution in [0.4, 0.5) is 0 Å². The lowest BCUT2D eigenvalue weighted by atomic mass is 10.1. The molecule has 2 aliphatic rings. The first-order valence-corrected chi connectivity index (χ1v) is 6.84. The molecule has 0 aromatic rings. The average molecular weight is 284 g/mol. The quantitative estimate of drug-likeness (QED) is 0.739. The highest BCUT2D eigenvalue weighted by atomic mass is 16.5. The summed E-state index contributed by atoms with van der Waals surface area (Å²) < 4.78 is 4.93. The van der Waals surface area contributed by atoms with Crippen molar-refractivity contribution < 1.29 is 24.2 Å². The Balaban J connectivity index is 1.96. The first kappa shape index (κ1) is 14.8. The van der Waals surface area contributed by atoms with Crippen LogP contribution in [0.1, 0.15) is 19.3 Å². The molecule has 2 heterocycles. The van der Waals surface area contributed by atoms with Gasteiger partial charge in [-0.25, -0.2) is 4.79 Å². The SMILES string of the molecule is COCCN1C[C@@H](C(=O)N2CCC[C@H]2C(=O)O)CC1=O. The van der Waals surface area contributed by atoms with Crippen LogP contribution < -0.4 is 0 Å². The highest BCUT2D eigenvalue weighted by Crippen LogP contribution is 2.25. The molecule has 7 heteroatoms. The Morgan fingerprint density at radius 2 is 2.20 bits per heavy atom. The first-order chi connectivity index (χ1) is 9.54. The van der Waals surface area contributed by atoms with Crippen LogP contribution in [-0.4, -0.2) is 72.1 Å². The molecule has 2 aliphatic heterocycles. The fourth-order valence-corrected chi connectivity index (χ4v) is 2.88. The van der Waals surface area contributed by atoms with Gasteiger partial charge in [-0.3, -0.25) is 9.59 Å². The summed E-state index contributed by atoms with van der Waals surface area (Å²) in [5.74, 6) is -1.65. The number of hydrogen-bond acceptors (Lipinski definition) is 4. The van der Waals surface area contributed by atoms with E-state index in [1.807, 2.05) is 0 Å². The van der Waals surface area contributed by atoms with Crippen LogP contribution in [-0.2, 0) is 19.1 Å². The third kappa shape index (κ3) is 2.92. The summed E-state index contributed by atoms with van der Waals surface area (Å²) in [6.45, 7) is 1.75. The molecule has 0 aromatic carbocycles. The van der Waals surface area contributed by atoms with E-state index in [4.69, 9.17) is 9.84 Å². The van der Waals surface area contributed by atoms with Crippen molar-refractivity contribution in [3.63, 3.8) is 0 Å². The smallest absolute Gasteiger partial charge is 0.326 e. The highest BCUT2D eigenvalue weighted by Gasteiger charge is 2.41. The van der Waals surface area contributed by atoms with Crippen molar-refractivity contribution in [2.75, 3.05) is 33.4 Å². The van der Waals surface area contributed by atoms with E-state index in [9.17, 15) is 14.4 Å². The zero-order chi connectivity index (χ0) is 14.7. The number of nitrogens with zero attached hydrogens (tertiary/aromatic N) is 2. The van der Waals surface area contributed by atoms with Crippen molar-refractivity contribution in [1.29, 1.82) is 0 Å². The summed E-state index contributed by atoms with van der Waals surface area (Å²) >= 11 is 0. The van der Waals surface area contributed by atoms with Gasteiger partial charge in [0.05, 0.1) is 12.5 Å². The standard InChI is InChI=1S/C13H20N2O5/c1-20-6-5-14-8-9(7-11(14)16)12(17)15-4-2-3-10(15)13(18)19/h9-10H,2-8H2,1H3,(H,18,19)/t9-,10-/m0/s1. The molecule has 112 valence electrons. The summed E-state index contributed by atoms with van der Waals surface area (Å²) in [5, 5.41) is 9.11. The van der Waals surface area contributed by atoms with Gasteiger partial charge in [0.25, 0.3) is 0 Å². The molecule has 2 atom stereocenters. The lowest BCUT2D eigenvalue weighted by Gasteiger charge is -2.24. The number of methoxy groups -OCH3 is 1. The number of aliphatic carboxylic acids is 1. The van der Waals surface area contributed by atoms with E-state index in [-0.39, 0.29) is 18.2 Å². The fraction of sp³-hybridized carbons (Fsp3) is 0.769. The number of ether oxygens (including phenoxy) is 1. The minimum Gasteiger partial charge on any atom is -0.480 e. The maximum Gasteiger partial charge on any atom is 0.326 e. The predicted molar refractivity (Wildman–Crippen MR) is 68.9 cm³/mol. The van der Waals surface area contributed by atoms with Crippen LogP contribution in [0.25, 0.3) is 0 Å². The molecule has 2 rings (SSSR count). The number of likely N-dealkylation sites (tertiary alicyclic amines) is 2. The second kappa shape index (κ2) is 6.21. The molecule has 0 unspecified atom stereocenters. The second-order valence-electron chi connectivity index (χ2n) is 5.26. The normalized spacial score (nSPS) is 26.4. The third-order valence-corrected chi connectivity index (χ3v) is 3.95. The molecular weight excluding hydrogens is 264 g/mol. The number of hydrogen-bond donors (Lipinski definition) is 1. The topological polar surface area (TPSA) is 87.2 Å². The molecule has 2 saturated heterocycles. The van der Waals surface area contributed by atoms with Gasteiger partial charge < -0.3 is 19.6 Å². The Hall–Kier alpha value is -1.63. The molecule has 7 nitrogen and oxygen atoms in total. The van der Waals surface area contributed by atoms with Crippen LogP contribution in [0.3, 0.4) is 0 Å². The van der Waals surface area contributed by atoms with E-state index < -0.39 is 17.9 Å². The molecule has 0 aliphatic carbocycles. The lowest BCUT2D eigenvalue weighted by Crippen LogP contribution is -2.44. The Kier molecular flexibility index (Phi) is 4.59. The number of carboxylic acids is 1. The van der Waals surface area contributed by atoms with Crippen molar-refractivity contribution in [1.82, 2.24) is 9.80 Å². The van der Waals surface area contributed by atoms with Crippen molar-refractivity contribution in [3.05, 3.63) is 0 Å². The van der Waals surface area contributed by atoms with Gasteiger partial charge in [0.1, 0.15) is 6.04 Å². The van der Waals surface area contributed by atoms with Crippen LogP contribution in [0.15, 0.2) is 0 Å². The number of carboxylic acid groups (broad SMARTS) is 1. The summed E-state index contributed by atoms with van der Waals surface area (Å²) in [6, 6.07) is -0.731. The van der Waals surface area contributed by atoms with Crippen molar-refractivity contribution in [3.8, 4) is 0 Å². The molecule has 2 fully saturated rings. The van der Waals surface area contributed by atoms with Gasteiger partial charge in [0, 0.05) is 33.2 Å². The molecule has 1 N–H and O–H groups in total. The van der Waals surface area contributed by atoms with Crippen LogP contribution in [0.2, 0.25) is 0 Å². The Labute approximate surface area is 117 Å². The Bertz CT molecular complexity index is 412. The van der Waals surface area contributed by atoms with Crippen LogP contribution in [0.5, 0.6) is 0 Å². The van der Waals surface area contributed by atoms with Gasteiger partial charge in [-0.1, -0.05) is 0 Å². The van der Waals surface area contributed by atoms with E-state index in [2.05, 4.69) is 0 Å².